The number of piperidine rings is 1. The lowest BCUT2D eigenvalue weighted by atomic mass is 9.97. The van der Waals surface area contributed by atoms with E-state index in [1.165, 1.54) is 0 Å². The fraction of sp³-hybridized carbons (Fsp3) is 0.667. The van der Waals surface area contributed by atoms with Crippen molar-refractivity contribution in [3.05, 3.63) is 18.5 Å². The van der Waals surface area contributed by atoms with E-state index in [2.05, 4.69) is 25.1 Å². The van der Waals surface area contributed by atoms with Crippen LogP contribution in [0.4, 0.5) is 5.95 Å². The number of hydrogen-bond donors (Lipinski definition) is 1. The SMILES string of the molecule is CCNC(=O)C1CCCN(CC(=O)N2CCN(c3ncccn3)CC2)C1. The van der Waals surface area contributed by atoms with Crippen molar-refractivity contribution in [2.45, 2.75) is 19.8 Å². The molecule has 26 heavy (non-hydrogen) atoms. The monoisotopic (exact) mass is 360 g/mol. The standard InChI is InChI=1S/C18H28N6O2/c1-2-19-17(26)15-5-3-8-22(13-15)14-16(25)23-9-11-24(12-10-23)18-20-6-4-7-21-18/h4,6-7,15H,2-3,5,8-14H2,1H3,(H,19,26). The maximum absolute atomic E-state index is 12.6. The first-order valence-corrected chi connectivity index (χ1v) is 9.47. The predicted molar refractivity (Wildman–Crippen MR) is 98.7 cm³/mol. The van der Waals surface area contributed by atoms with Crippen molar-refractivity contribution in [1.29, 1.82) is 0 Å². The summed E-state index contributed by atoms with van der Waals surface area (Å²) in [6, 6.07) is 1.80. The number of anilines is 1. The number of carbonyl (C=O) groups is 2. The molecule has 2 fully saturated rings. The van der Waals surface area contributed by atoms with Crippen LogP contribution in [-0.2, 0) is 9.59 Å². The van der Waals surface area contributed by atoms with Crippen LogP contribution in [0.1, 0.15) is 19.8 Å². The fourth-order valence-corrected chi connectivity index (χ4v) is 3.63. The molecule has 3 heterocycles. The van der Waals surface area contributed by atoms with Crippen LogP contribution in [0.15, 0.2) is 18.5 Å². The zero-order valence-electron chi connectivity index (χ0n) is 15.4. The Hall–Kier alpha value is -2.22. The molecule has 2 saturated heterocycles. The minimum absolute atomic E-state index is 0.00331. The Morgan fingerprint density at radius 3 is 2.58 bits per heavy atom. The lowest BCUT2D eigenvalue weighted by Crippen LogP contribution is -2.53. The molecule has 8 nitrogen and oxygen atoms in total. The highest BCUT2D eigenvalue weighted by atomic mass is 16.2. The van der Waals surface area contributed by atoms with Gasteiger partial charge in [0.1, 0.15) is 0 Å². The summed E-state index contributed by atoms with van der Waals surface area (Å²) in [5.74, 6) is 0.986. The van der Waals surface area contributed by atoms with Gasteiger partial charge in [-0.2, -0.15) is 0 Å². The number of nitrogens with one attached hydrogen (secondary N) is 1. The van der Waals surface area contributed by atoms with Crippen LogP contribution in [0.5, 0.6) is 0 Å². The van der Waals surface area contributed by atoms with Gasteiger partial charge in [0.2, 0.25) is 17.8 Å². The van der Waals surface area contributed by atoms with E-state index < -0.39 is 0 Å². The van der Waals surface area contributed by atoms with Gasteiger partial charge in [-0.15, -0.1) is 0 Å². The topological polar surface area (TPSA) is 81.7 Å². The van der Waals surface area contributed by atoms with Crippen molar-refractivity contribution in [1.82, 2.24) is 25.1 Å². The molecule has 2 aliphatic heterocycles. The van der Waals surface area contributed by atoms with Crippen molar-refractivity contribution in [3.63, 3.8) is 0 Å². The van der Waals surface area contributed by atoms with E-state index in [4.69, 9.17) is 0 Å². The second-order valence-corrected chi connectivity index (χ2v) is 6.89. The van der Waals surface area contributed by atoms with E-state index in [1.54, 1.807) is 18.5 Å². The maximum Gasteiger partial charge on any atom is 0.236 e. The average molecular weight is 360 g/mol. The third-order valence-corrected chi connectivity index (χ3v) is 5.05. The molecule has 2 amide bonds. The van der Waals surface area contributed by atoms with Crippen molar-refractivity contribution in [2.24, 2.45) is 5.92 Å². The van der Waals surface area contributed by atoms with Gasteiger partial charge in [-0.1, -0.05) is 0 Å². The van der Waals surface area contributed by atoms with Gasteiger partial charge < -0.3 is 15.1 Å². The molecule has 142 valence electrons. The zero-order chi connectivity index (χ0) is 18.4. The predicted octanol–water partition coefficient (Wildman–Crippen LogP) is -0.0267. The van der Waals surface area contributed by atoms with Crippen LogP contribution in [0.25, 0.3) is 0 Å². The van der Waals surface area contributed by atoms with Crippen LogP contribution in [0.3, 0.4) is 0 Å². The van der Waals surface area contributed by atoms with E-state index in [1.807, 2.05) is 11.8 Å². The highest BCUT2D eigenvalue weighted by Crippen LogP contribution is 2.17. The van der Waals surface area contributed by atoms with Crippen LogP contribution in [0.2, 0.25) is 0 Å². The Kier molecular flexibility index (Phi) is 6.38. The minimum atomic E-state index is 0.00331. The first-order valence-electron chi connectivity index (χ1n) is 9.47. The molecule has 0 saturated carbocycles. The second-order valence-electron chi connectivity index (χ2n) is 6.89. The summed E-state index contributed by atoms with van der Waals surface area (Å²) in [5, 5.41) is 2.89. The largest absolute Gasteiger partial charge is 0.356 e. The first kappa shape index (κ1) is 18.6. The van der Waals surface area contributed by atoms with Crippen molar-refractivity contribution < 1.29 is 9.59 Å². The van der Waals surface area contributed by atoms with Gasteiger partial charge in [-0.25, -0.2) is 9.97 Å². The number of likely N-dealkylation sites (tertiary alicyclic amines) is 1. The Balaban J connectivity index is 1.46. The first-order chi connectivity index (χ1) is 12.7. The normalized spacial score (nSPS) is 21.5. The minimum Gasteiger partial charge on any atom is -0.356 e. The van der Waals surface area contributed by atoms with E-state index in [-0.39, 0.29) is 17.7 Å². The average Bonchev–Trinajstić information content (AvgIpc) is 2.69. The summed E-state index contributed by atoms with van der Waals surface area (Å²) >= 11 is 0. The molecule has 0 radical (unpaired) electrons. The summed E-state index contributed by atoms with van der Waals surface area (Å²) in [4.78, 5) is 39.4. The molecule has 1 unspecified atom stereocenters. The molecule has 8 heteroatoms. The molecular formula is C18H28N6O2. The summed E-state index contributed by atoms with van der Waals surface area (Å²) in [5.41, 5.74) is 0. The molecule has 0 bridgehead atoms. The van der Waals surface area contributed by atoms with Crippen molar-refractivity contribution in [3.8, 4) is 0 Å². The quantitative estimate of drug-likeness (QED) is 0.794. The van der Waals surface area contributed by atoms with Gasteiger partial charge in [0.15, 0.2) is 0 Å². The Morgan fingerprint density at radius 2 is 1.88 bits per heavy atom. The molecular weight excluding hydrogens is 332 g/mol. The third-order valence-electron chi connectivity index (χ3n) is 5.05. The van der Waals surface area contributed by atoms with E-state index in [0.717, 1.165) is 38.4 Å². The lowest BCUT2D eigenvalue weighted by Gasteiger charge is -2.37. The van der Waals surface area contributed by atoms with Gasteiger partial charge in [0.25, 0.3) is 0 Å². The molecule has 1 N–H and O–H groups in total. The summed E-state index contributed by atoms with van der Waals surface area (Å²) in [7, 11) is 0. The van der Waals surface area contributed by atoms with Crippen molar-refractivity contribution >= 4 is 17.8 Å². The Bertz CT molecular complexity index is 603. The molecule has 0 spiro atoms. The molecule has 0 aromatic carbocycles. The molecule has 2 aliphatic rings. The fourth-order valence-electron chi connectivity index (χ4n) is 3.63. The molecule has 1 atom stereocenters. The summed E-state index contributed by atoms with van der Waals surface area (Å²) in [6.45, 7) is 7.42. The van der Waals surface area contributed by atoms with Gasteiger partial charge >= 0.3 is 0 Å². The Morgan fingerprint density at radius 1 is 1.15 bits per heavy atom. The maximum atomic E-state index is 12.6. The molecule has 0 aliphatic carbocycles. The number of amides is 2. The third kappa shape index (κ3) is 4.69. The number of hydrogen-bond acceptors (Lipinski definition) is 6. The molecule has 1 aromatic rings. The smallest absolute Gasteiger partial charge is 0.236 e. The molecule has 3 rings (SSSR count). The zero-order valence-corrected chi connectivity index (χ0v) is 15.4. The van der Waals surface area contributed by atoms with Crippen molar-refractivity contribution in [2.75, 3.05) is 57.3 Å². The lowest BCUT2D eigenvalue weighted by molar-refractivity contribution is -0.135. The number of carbonyl (C=O) groups excluding carboxylic acids is 2. The van der Waals surface area contributed by atoms with E-state index in [9.17, 15) is 9.59 Å². The highest BCUT2D eigenvalue weighted by molar-refractivity contribution is 5.80. The van der Waals surface area contributed by atoms with Crippen LogP contribution in [-0.4, -0.2) is 83.9 Å². The summed E-state index contributed by atoms with van der Waals surface area (Å²) in [6.07, 6.45) is 5.35. The van der Waals surface area contributed by atoms with Crippen LogP contribution in [0, 0.1) is 5.92 Å². The number of aromatic nitrogens is 2. The Labute approximate surface area is 154 Å². The van der Waals surface area contributed by atoms with Gasteiger partial charge in [-0.3, -0.25) is 14.5 Å². The number of nitrogens with zero attached hydrogens (tertiary/aromatic N) is 5. The number of rotatable bonds is 5. The summed E-state index contributed by atoms with van der Waals surface area (Å²) < 4.78 is 0. The molecule has 1 aromatic heterocycles. The van der Waals surface area contributed by atoms with Gasteiger partial charge in [-0.05, 0) is 32.4 Å². The van der Waals surface area contributed by atoms with E-state index >= 15 is 0 Å². The van der Waals surface area contributed by atoms with Crippen LogP contribution < -0.4 is 10.2 Å². The van der Waals surface area contributed by atoms with Gasteiger partial charge in [0.05, 0.1) is 12.5 Å². The highest BCUT2D eigenvalue weighted by Gasteiger charge is 2.29. The van der Waals surface area contributed by atoms with E-state index in [0.29, 0.717) is 32.7 Å². The van der Waals surface area contributed by atoms with Crippen LogP contribution >= 0.6 is 0 Å². The number of piperazine rings is 1. The second kappa shape index (κ2) is 8.93. The van der Waals surface area contributed by atoms with Gasteiger partial charge in [0, 0.05) is 51.7 Å².